The van der Waals surface area contributed by atoms with Crippen LogP contribution in [-0.4, -0.2) is 23.6 Å². The molecule has 5 nitrogen and oxygen atoms in total. The second-order valence-corrected chi connectivity index (χ2v) is 5.35. The summed E-state index contributed by atoms with van der Waals surface area (Å²) < 4.78 is 5.11. The first kappa shape index (κ1) is 17.3. The van der Waals surface area contributed by atoms with E-state index >= 15 is 0 Å². The maximum Gasteiger partial charge on any atom is 0.341 e. The van der Waals surface area contributed by atoms with Crippen molar-refractivity contribution in [3.05, 3.63) is 65.2 Å². The number of carbonyl (C=O) groups is 2. The van der Waals surface area contributed by atoms with E-state index in [2.05, 4.69) is 5.32 Å². The van der Waals surface area contributed by atoms with E-state index in [1.807, 2.05) is 43.3 Å². The Bertz CT molecular complexity index is 766. The standard InChI is InChI=1S/C19H19NO4/c1-13-11-16(24-12-18(21)22)8-9-17(13)20-19(23)14(2)10-15-6-4-3-5-7-15/h3-11H,12H2,1-2H3,(H,20,23)(H,21,22)/b14-10+. The van der Waals surface area contributed by atoms with E-state index in [0.717, 1.165) is 11.1 Å². The Hall–Kier alpha value is -3.08. The molecule has 0 aromatic heterocycles. The summed E-state index contributed by atoms with van der Waals surface area (Å²) in [6.45, 7) is 3.17. The third-order valence-electron chi connectivity index (χ3n) is 3.35. The molecule has 0 fully saturated rings. The van der Waals surface area contributed by atoms with Gasteiger partial charge in [0, 0.05) is 11.3 Å². The van der Waals surface area contributed by atoms with Crippen LogP contribution in [-0.2, 0) is 9.59 Å². The molecule has 124 valence electrons. The zero-order valence-electron chi connectivity index (χ0n) is 13.6. The summed E-state index contributed by atoms with van der Waals surface area (Å²) in [6.07, 6.45) is 1.81. The highest BCUT2D eigenvalue weighted by Gasteiger charge is 2.08. The molecule has 5 heteroatoms. The zero-order chi connectivity index (χ0) is 17.5. The van der Waals surface area contributed by atoms with Crippen LogP contribution in [0.5, 0.6) is 5.75 Å². The van der Waals surface area contributed by atoms with Crippen LogP contribution in [0.15, 0.2) is 54.1 Å². The van der Waals surface area contributed by atoms with Gasteiger partial charge in [-0.3, -0.25) is 4.79 Å². The number of ether oxygens (including phenoxy) is 1. The minimum Gasteiger partial charge on any atom is -0.482 e. The third kappa shape index (κ3) is 4.98. The quantitative estimate of drug-likeness (QED) is 0.797. The third-order valence-corrected chi connectivity index (χ3v) is 3.35. The van der Waals surface area contributed by atoms with Crippen molar-refractivity contribution >= 4 is 23.6 Å². The average molecular weight is 325 g/mol. The molecular weight excluding hydrogens is 306 g/mol. The highest BCUT2D eigenvalue weighted by molar-refractivity contribution is 6.06. The first-order valence-electron chi connectivity index (χ1n) is 7.45. The Kier molecular flexibility index (Phi) is 5.73. The van der Waals surface area contributed by atoms with Crippen LogP contribution in [0.2, 0.25) is 0 Å². The van der Waals surface area contributed by atoms with Gasteiger partial charge in [0.05, 0.1) is 0 Å². The number of carboxylic acids is 1. The number of hydrogen-bond acceptors (Lipinski definition) is 3. The summed E-state index contributed by atoms with van der Waals surface area (Å²) in [4.78, 5) is 22.8. The van der Waals surface area contributed by atoms with Gasteiger partial charge in [0.1, 0.15) is 5.75 Å². The van der Waals surface area contributed by atoms with Gasteiger partial charge in [0.15, 0.2) is 6.61 Å². The molecule has 2 N–H and O–H groups in total. The van der Waals surface area contributed by atoms with Crippen LogP contribution in [0.4, 0.5) is 5.69 Å². The molecular formula is C19H19NO4. The van der Waals surface area contributed by atoms with Crippen molar-refractivity contribution in [3.8, 4) is 5.75 Å². The van der Waals surface area contributed by atoms with Crippen molar-refractivity contribution in [1.82, 2.24) is 0 Å². The number of benzene rings is 2. The van der Waals surface area contributed by atoms with Crippen LogP contribution in [0.1, 0.15) is 18.1 Å². The van der Waals surface area contributed by atoms with Crippen molar-refractivity contribution in [3.63, 3.8) is 0 Å². The topological polar surface area (TPSA) is 75.6 Å². The number of hydrogen-bond donors (Lipinski definition) is 2. The van der Waals surface area contributed by atoms with Crippen molar-refractivity contribution in [2.45, 2.75) is 13.8 Å². The lowest BCUT2D eigenvalue weighted by atomic mass is 10.1. The van der Waals surface area contributed by atoms with Crippen molar-refractivity contribution < 1.29 is 19.4 Å². The minimum absolute atomic E-state index is 0.193. The van der Waals surface area contributed by atoms with Crippen LogP contribution >= 0.6 is 0 Å². The highest BCUT2D eigenvalue weighted by Crippen LogP contribution is 2.22. The molecule has 0 unspecified atom stereocenters. The number of anilines is 1. The van der Waals surface area contributed by atoms with E-state index in [4.69, 9.17) is 9.84 Å². The van der Waals surface area contributed by atoms with E-state index in [1.165, 1.54) is 0 Å². The van der Waals surface area contributed by atoms with E-state index < -0.39 is 12.6 Å². The maximum absolute atomic E-state index is 12.3. The summed E-state index contributed by atoms with van der Waals surface area (Å²) in [6, 6.07) is 14.6. The molecule has 0 aliphatic rings. The molecule has 0 saturated heterocycles. The molecule has 0 spiro atoms. The van der Waals surface area contributed by atoms with Gasteiger partial charge in [-0.25, -0.2) is 4.79 Å². The first-order chi connectivity index (χ1) is 11.5. The Morgan fingerprint density at radius 3 is 2.50 bits per heavy atom. The van der Waals surface area contributed by atoms with Gasteiger partial charge in [0.2, 0.25) is 0 Å². The van der Waals surface area contributed by atoms with Crippen molar-refractivity contribution in [1.29, 1.82) is 0 Å². The number of carboxylic acid groups (broad SMARTS) is 1. The summed E-state index contributed by atoms with van der Waals surface area (Å²) >= 11 is 0. The van der Waals surface area contributed by atoms with Crippen LogP contribution in [0.25, 0.3) is 6.08 Å². The van der Waals surface area contributed by atoms with E-state index in [0.29, 0.717) is 17.0 Å². The molecule has 0 heterocycles. The van der Waals surface area contributed by atoms with E-state index in [-0.39, 0.29) is 5.91 Å². The molecule has 24 heavy (non-hydrogen) atoms. The number of aliphatic carboxylic acids is 1. The molecule has 2 rings (SSSR count). The number of amides is 1. The molecule has 0 radical (unpaired) electrons. The highest BCUT2D eigenvalue weighted by atomic mass is 16.5. The normalized spacial score (nSPS) is 11.0. The molecule has 0 bridgehead atoms. The van der Waals surface area contributed by atoms with Gasteiger partial charge in [-0.1, -0.05) is 30.3 Å². The van der Waals surface area contributed by atoms with Gasteiger partial charge in [-0.05, 0) is 49.2 Å². The number of carbonyl (C=O) groups excluding carboxylic acids is 1. The fourth-order valence-electron chi connectivity index (χ4n) is 2.10. The van der Waals surface area contributed by atoms with Gasteiger partial charge < -0.3 is 15.2 Å². The summed E-state index contributed by atoms with van der Waals surface area (Å²) in [7, 11) is 0. The van der Waals surface area contributed by atoms with Crippen LogP contribution in [0.3, 0.4) is 0 Å². The second-order valence-electron chi connectivity index (χ2n) is 5.35. The summed E-state index contributed by atoms with van der Waals surface area (Å²) in [5.74, 6) is -0.780. The fraction of sp³-hybridized carbons (Fsp3) is 0.158. The lowest BCUT2D eigenvalue weighted by Crippen LogP contribution is -2.14. The van der Waals surface area contributed by atoms with Gasteiger partial charge in [-0.2, -0.15) is 0 Å². The van der Waals surface area contributed by atoms with E-state index in [1.54, 1.807) is 25.1 Å². The van der Waals surface area contributed by atoms with Crippen LogP contribution < -0.4 is 10.1 Å². The number of nitrogens with one attached hydrogen (secondary N) is 1. The molecule has 2 aromatic carbocycles. The number of aryl methyl sites for hydroxylation is 1. The average Bonchev–Trinajstić information content (AvgIpc) is 2.56. The summed E-state index contributed by atoms with van der Waals surface area (Å²) in [5, 5.41) is 11.5. The zero-order valence-corrected chi connectivity index (χ0v) is 13.6. The Morgan fingerprint density at radius 1 is 1.17 bits per heavy atom. The SMILES string of the molecule is C/C(=C\c1ccccc1)C(=O)Nc1ccc(OCC(=O)O)cc1C. The molecule has 2 aromatic rings. The Morgan fingerprint density at radius 2 is 1.88 bits per heavy atom. The predicted molar refractivity (Wildman–Crippen MR) is 93.0 cm³/mol. The maximum atomic E-state index is 12.3. The lowest BCUT2D eigenvalue weighted by Gasteiger charge is -2.11. The molecule has 1 amide bonds. The molecule has 0 aliphatic carbocycles. The smallest absolute Gasteiger partial charge is 0.341 e. The minimum atomic E-state index is -1.04. The van der Waals surface area contributed by atoms with E-state index in [9.17, 15) is 9.59 Å². The Balaban J connectivity index is 2.06. The van der Waals surface area contributed by atoms with Gasteiger partial charge in [-0.15, -0.1) is 0 Å². The number of rotatable bonds is 6. The van der Waals surface area contributed by atoms with Crippen molar-refractivity contribution in [2.75, 3.05) is 11.9 Å². The predicted octanol–water partition coefficient (Wildman–Crippen LogP) is 3.50. The Labute approximate surface area is 140 Å². The van der Waals surface area contributed by atoms with Crippen molar-refractivity contribution in [2.24, 2.45) is 0 Å². The second kappa shape index (κ2) is 7.97. The lowest BCUT2D eigenvalue weighted by molar-refractivity contribution is -0.139. The monoisotopic (exact) mass is 325 g/mol. The van der Waals surface area contributed by atoms with Gasteiger partial charge in [0.25, 0.3) is 5.91 Å². The fourth-order valence-corrected chi connectivity index (χ4v) is 2.10. The largest absolute Gasteiger partial charge is 0.482 e. The first-order valence-corrected chi connectivity index (χ1v) is 7.45. The van der Waals surface area contributed by atoms with Crippen LogP contribution in [0, 0.1) is 6.92 Å². The van der Waals surface area contributed by atoms with Gasteiger partial charge >= 0.3 is 5.97 Å². The molecule has 0 aliphatic heterocycles. The summed E-state index contributed by atoms with van der Waals surface area (Å²) in [5.41, 5.74) is 2.99. The molecule has 0 atom stereocenters. The molecule has 0 saturated carbocycles.